The van der Waals surface area contributed by atoms with E-state index in [4.69, 9.17) is 4.74 Å². The molecule has 0 radical (unpaired) electrons. The maximum absolute atomic E-state index is 11.5. The van der Waals surface area contributed by atoms with Crippen molar-refractivity contribution in [3.8, 4) is 17.4 Å². The zero-order chi connectivity index (χ0) is 16.3. The first-order valence-corrected chi connectivity index (χ1v) is 5.95. The number of aromatic nitrogens is 2. The summed E-state index contributed by atoms with van der Waals surface area (Å²) in [6.07, 6.45) is 2.86. The molecule has 1 aromatic carbocycles. The van der Waals surface area contributed by atoms with Gasteiger partial charge in [-0.15, -0.1) is 0 Å². The van der Waals surface area contributed by atoms with E-state index in [9.17, 15) is 25.1 Å². The molecule has 9 heteroatoms. The van der Waals surface area contributed by atoms with Gasteiger partial charge >= 0.3 is 11.2 Å². The van der Waals surface area contributed by atoms with Gasteiger partial charge in [-0.1, -0.05) is 12.1 Å². The molecule has 3 N–H and O–H groups in total. The quantitative estimate of drug-likeness (QED) is 0.571. The lowest BCUT2D eigenvalue weighted by Crippen LogP contribution is -2.14. The van der Waals surface area contributed by atoms with Crippen LogP contribution in [0.4, 0.5) is 5.69 Å². The van der Waals surface area contributed by atoms with E-state index in [0.29, 0.717) is 5.56 Å². The van der Waals surface area contributed by atoms with Gasteiger partial charge in [0.1, 0.15) is 5.82 Å². The van der Waals surface area contributed by atoms with Crippen LogP contribution in [-0.4, -0.2) is 32.2 Å². The minimum atomic E-state index is -1.06. The molecule has 0 saturated heterocycles. The highest BCUT2D eigenvalue weighted by Gasteiger charge is 2.21. The van der Waals surface area contributed by atoms with Crippen LogP contribution in [-0.2, 0) is 0 Å². The third-order valence-electron chi connectivity index (χ3n) is 2.71. The Morgan fingerprint density at radius 2 is 2.09 bits per heavy atom. The Morgan fingerprint density at radius 3 is 2.68 bits per heavy atom. The Bertz CT molecular complexity index is 812. The summed E-state index contributed by atoms with van der Waals surface area (Å²) in [7, 11) is 1.40. The standard InChI is InChI=1S/C13H11N3O6/c1-22-9-6-7(2-4-8(9)17)3-5-10-14-12(18)11(16(20)21)13(19)15-10/h2-6,17H,1H3,(H2,14,15,18,19)/b5-3-. The van der Waals surface area contributed by atoms with Gasteiger partial charge in [-0.05, 0) is 23.8 Å². The number of ether oxygens (including phenoxy) is 1. The largest absolute Gasteiger partial charge is 0.504 e. The van der Waals surface area contributed by atoms with Crippen molar-refractivity contribution in [2.45, 2.75) is 0 Å². The van der Waals surface area contributed by atoms with Crippen LogP contribution in [0.5, 0.6) is 17.4 Å². The number of benzene rings is 1. The molecule has 0 saturated carbocycles. The fourth-order valence-corrected chi connectivity index (χ4v) is 1.69. The summed E-state index contributed by atoms with van der Waals surface area (Å²) in [6.45, 7) is 0. The monoisotopic (exact) mass is 305 g/mol. The number of H-pyrrole nitrogens is 1. The topological polar surface area (TPSA) is 139 Å². The minimum Gasteiger partial charge on any atom is -0.504 e. The van der Waals surface area contributed by atoms with Crippen molar-refractivity contribution in [3.63, 3.8) is 0 Å². The molecule has 1 aromatic heterocycles. The molecular weight excluding hydrogens is 294 g/mol. The van der Waals surface area contributed by atoms with Crippen molar-refractivity contribution < 1.29 is 19.9 Å². The second-order valence-corrected chi connectivity index (χ2v) is 4.15. The van der Waals surface area contributed by atoms with Crippen LogP contribution in [0.1, 0.15) is 11.4 Å². The van der Waals surface area contributed by atoms with Crippen LogP contribution in [0.25, 0.3) is 12.2 Å². The lowest BCUT2D eigenvalue weighted by molar-refractivity contribution is -0.387. The van der Waals surface area contributed by atoms with Gasteiger partial charge in [0.05, 0.1) is 12.0 Å². The fourth-order valence-electron chi connectivity index (χ4n) is 1.69. The van der Waals surface area contributed by atoms with Crippen molar-refractivity contribution in [1.82, 2.24) is 9.97 Å². The highest BCUT2D eigenvalue weighted by Crippen LogP contribution is 2.27. The number of nitrogens with zero attached hydrogens (tertiary/aromatic N) is 2. The van der Waals surface area contributed by atoms with E-state index >= 15 is 0 Å². The van der Waals surface area contributed by atoms with Crippen molar-refractivity contribution in [1.29, 1.82) is 0 Å². The van der Waals surface area contributed by atoms with Gasteiger partial charge in [-0.25, -0.2) is 0 Å². The van der Waals surface area contributed by atoms with Crippen LogP contribution in [0.3, 0.4) is 0 Å². The molecule has 0 unspecified atom stereocenters. The van der Waals surface area contributed by atoms with Crippen LogP contribution in [0.15, 0.2) is 23.0 Å². The summed E-state index contributed by atoms with van der Waals surface area (Å²) in [5.41, 5.74) is -1.45. The molecule has 0 amide bonds. The van der Waals surface area contributed by atoms with Crippen LogP contribution < -0.4 is 10.3 Å². The molecule has 0 fully saturated rings. The highest BCUT2D eigenvalue weighted by atomic mass is 16.6. The molecule has 0 aliphatic rings. The molecule has 0 bridgehead atoms. The Morgan fingerprint density at radius 1 is 1.36 bits per heavy atom. The number of hydrogen-bond donors (Lipinski definition) is 3. The zero-order valence-corrected chi connectivity index (χ0v) is 11.3. The maximum atomic E-state index is 11.5. The molecule has 114 valence electrons. The number of hydrogen-bond acceptors (Lipinski definition) is 7. The summed E-state index contributed by atoms with van der Waals surface area (Å²) in [5, 5.41) is 29.4. The van der Waals surface area contributed by atoms with Gasteiger partial charge < -0.3 is 19.9 Å². The molecule has 2 aromatic rings. The number of nitro groups is 1. The summed E-state index contributed by atoms with van der Waals surface area (Å²) < 4.78 is 4.95. The summed E-state index contributed by atoms with van der Waals surface area (Å²) in [5.74, 6) is -0.786. The molecule has 0 atom stereocenters. The van der Waals surface area contributed by atoms with Gasteiger partial charge in [-0.3, -0.25) is 14.9 Å². The van der Waals surface area contributed by atoms with Gasteiger partial charge in [0.15, 0.2) is 11.5 Å². The molecule has 0 aliphatic heterocycles. The van der Waals surface area contributed by atoms with Crippen molar-refractivity contribution >= 4 is 17.8 Å². The fraction of sp³-hybridized carbons (Fsp3) is 0.0769. The highest BCUT2D eigenvalue weighted by molar-refractivity contribution is 5.68. The molecule has 22 heavy (non-hydrogen) atoms. The molecule has 2 rings (SSSR count). The van der Waals surface area contributed by atoms with Crippen LogP contribution in [0.2, 0.25) is 0 Å². The predicted octanol–water partition coefficient (Wildman–Crippen LogP) is 1.27. The average Bonchev–Trinajstić information content (AvgIpc) is 2.45. The number of nitrogens with one attached hydrogen (secondary N) is 1. The van der Waals surface area contributed by atoms with Gasteiger partial charge in [0.2, 0.25) is 0 Å². The number of phenols is 1. The third-order valence-corrected chi connectivity index (χ3v) is 2.71. The first-order valence-electron chi connectivity index (χ1n) is 5.95. The van der Waals surface area contributed by atoms with E-state index in [0.717, 1.165) is 0 Å². The number of methoxy groups -OCH3 is 1. The molecular formula is C13H11N3O6. The van der Waals surface area contributed by atoms with E-state index in [2.05, 4.69) is 9.97 Å². The van der Waals surface area contributed by atoms with E-state index in [1.54, 1.807) is 6.07 Å². The summed E-state index contributed by atoms with van der Waals surface area (Å²) in [4.78, 5) is 26.7. The predicted molar refractivity (Wildman–Crippen MR) is 76.8 cm³/mol. The summed E-state index contributed by atoms with van der Waals surface area (Å²) in [6, 6.07) is 4.54. The van der Waals surface area contributed by atoms with E-state index in [-0.39, 0.29) is 17.3 Å². The second-order valence-electron chi connectivity index (χ2n) is 4.15. The number of aromatic amines is 1. The Hall–Kier alpha value is -3.36. The SMILES string of the molecule is COc1cc(/C=C\c2nc(O)c([N+](=O)[O-])c(=O)[nH]2)ccc1O. The van der Waals surface area contributed by atoms with E-state index in [1.807, 2.05) is 0 Å². The molecule has 0 spiro atoms. The van der Waals surface area contributed by atoms with Crippen LogP contribution in [0, 0.1) is 10.1 Å². The van der Waals surface area contributed by atoms with Gasteiger partial charge in [0.25, 0.3) is 5.88 Å². The Labute approximate surface area is 123 Å². The van der Waals surface area contributed by atoms with Gasteiger partial charge in [-0.2, -0.15) is 4.98 Å². The smallest absolute Gasteiger partial charge is 0.395 e. The van der Waals surface area contributed by atoms with E-state index in [1.165, 1.54) is 31.4 Å². The normalized spacial score (nSPS) is 10.8. The second kappa shape index (κ2) is 5.95. The van der Waals surface area contributed by atoms with Crippen molar-refractivity contribution in [2.75, 3.05) is 7.11 Å². The first kappa shape index (κ1) is 15.0. The summed E-state index contributed by atoms with van der Waals surface area (Å²) >= 11 is 0. The molecule has 0 aliphatic carbocycles. The minimum absolute atomic E-state index is 0.0286. The molecule has 1 heterocycles. The van der Waals surface area contributed by atoms with E-state index < -0.39 is 22.0 Å². The number of rotatable bonds is 4. The number of phenolic OH excluding ortho intramolecular Hbond substituents is 1. The van der Waals surface area contributed by atoms with Crippen molar-refractivity contribution in [2.24, 2.45) is 0 Å². The Kier molecular flexibility index (Phi) is 4.07. The Balaban J connectivity index is 2.35. The zero-order valence-electron chi connectivity index (χ0n) is 11.3. The first-order chi connectivity index (χ1) is 10.4. The molecule has 9 nitrogen and oxygen atoms in total. The lowest BCUT2D eigenvalue weighted by atomic mass is 10.2. The third kappa shape index (κ3) is 3.03. The van der Waals surface area contributed by atoms with Crippen LogP contribution >= 0.6 is 0 Å². The van der Waals surface area contributed by atoms with Crippen molar-refractivity contribution in [3.05, 3.63) is 50.1 Å². The maximum Gasteiger partial charge on any atom is 0.395 e. The van der Waals surface area contributed by atoms with Gasteiger partial charge in [0, 0.05) is 0 Å². The lowest BCUT2D eigenvalue weighted by Gasteiger charge is -2.03. The number of aromatic hydroxyl groups is 2. The average molecular weight is 305 g/mol.